The Morgan fingerprint density at radius 3 is 2.85 bits per heavy atom. The molecule has 0 radical (unpaired) electrons. The third-order valence-corrected chi connectivity index (χ3v) is 3.42. The van der Waals surface area contributed by atoms with Gasteiger partial charge in [-0.1, -0.05) is 41.9 Å². The zero-order valence-electron chi connectivity index (χ0n) is 11.0. The van der Waals surface area contributed by atoms with Gasteiger partial charge in [0, 0.05) is 12.1 Å². The van der Waals surface area contributed by atoms with Crippen molar-refractivity contribution in [3.05, 3.63) is 64.7 Å². The van der Waals surface area contributed by atoms with E-state index in [-0.39, 0.29) is 0 Å². The van der Waals surface area contributed by atoms with E-state index in [2.05, 4.69) is 22.4 Å². The van der Waals surface area contributed by atoms with Crippen molar-refractivity contribution in [2.45, 2.75) is 6.61 Å². The molecule has 0 fully saturated rings. The van der Waals surface area contributed by atoms with Gasteiger partial charge in [-0.2, -0.15) is 0 Å². The first-order chi connectivity index (χ1) is 9.83. The van der Waals surface area contributed by atoms with Crippen molar-refractivity contribution in [3.63, 3.8) is 0 Å². The highest BCUT2D eigenvalue weighted by molar-refractivity contribution is 6.32. The number of rotatable bonds is 4. The van der Waals surface area contributed by atoms with Gasteiger partial charge in [-0.15, -0.1) is 0 Å². The van der Waals surface area contributed by atoms with Crippen LogP contribution in [0.3, 0.4) is 0 Å². The van der Waals surface area contributed by atoms with Crippen LogP contribution in [0.15, 0.2) is 53.5 Å². The summed E-state index contributed by atoms with van der Waals surface area (Å²) in [5, 5.41) is 3.90. The second-order valence-electron chi connectivity index (χ2n) is 4.58. The minimum Gasteiger partial charge on any atom is -0.487 e. The van der Waals surface area contributed by atoms with Crippen LogP contribution in [-0.4, -0.2) is 18.9 Å². The zero-order valence-corrected chi connectivity index (χ0v) is 11.7. The molecule has 1 N–H and O–H groups in total. The molecule has 1 heterocycles. The number of ether oxygens (including phenoxy) is 1. The third kappa shape index (κ3) is 2.94. The van der Waals surface area contributed by atoms with Gasteiger partial charge in [0.1, 0.15) is 18.2 Å². The molecule has 20 heavy (non-hydrogen) atoms. The lowest BCUT2D eigenvalue weighted by atomic mass is 10.1. The van der Waals surface area contributed by atoms with Crippen LogP contribution in [0.25, 0.3) is 0 Å². The molecule has 1 aliphatic rings. The first-order valence-electron chi connectivity index (χ1n) is 6.58. The van der Waals surface area contributed by atoms with Gasteiger partial charge in [0.25, 0.3) is 0 Å². The van der Waals surface area contributed by atoms with Crippen LogP contribution in [0.2, 0.25) is 5.02 Å². The number of hydrogen-bond donors (Lipinski definition) is 1. The monoisotopic (exact) mass is 286 g/mol. The lowest BCUT2D eigenvalue weighted by Crippen LogP contribution is -2.19. The van der Waals surface area contributed by atoms with E-state index in [0.29, 0.717) is 17.4 Å². The summed E-state index contributed by atoms with van der Waals surface area (Å²) in [6.45, 7) is 2.25. The molecule has 0 saturated heterocycles. The average Bonchev–Trinajstić information content (AvgIpc) is 3.01. The zero-order chi connectivity index (χ0) is 13.8. The highest BCUT2D eigenvalue weighted by Gasteiger charge is 2.08. The largest absolute Gasteiger partial charge is 0.487 e. The van der Waals surface area contributed by atoms with Crippen molar-refractivity contribution in [1.82, 2.24) is 5.32 Å². The van der Waals surface area contributed by atoms with Crippen molar-refractivity contribution in [2.75, 3.05) is 13.1 Å². The summed E-state index contributed by atoms with van der Waals surface area (Å²) in [5.74, 6) is 1.67. The highest BCUT2D eigenvalue weighted by Crippen LogP contribution is 2.24. The molecule has 3 rings (SSSR count). The Morgan fingerprint density at radius 1 is 1.15 bits per heavy atom. The van der Waals surface area contributed by atoms with Crippen molar-refractivity contribution in [3.8, 4) is 5.75 Å². The normalized spacial score (nSPS) is 13.8. The van der Waals surface area contributed by atoms with E-state index in [9.17, 15) is 0 Å². The molecule has 0 aliphatic carbocycles. The Labute approximate surface area is 123 Å². The molecule has 0 spiro atoms. The average molecular weight is 287 g/mol. The van der Waals surface area contributed by atoms with E-state index in [0.717, 1.165) is 30.1 Å². The molecule has 1 aliphatic heterocycles. The van der Waals surface area contributed by atoms with Gasteiger partial charge in [-0.05, 0) is 23.8 Å². The molecule has 0 unspecified atom stereocenters. The number of para-hydroxylation sites is 1. The lowest BCUT2D eigenvalue weighted by Gasteiger charge is -2.09. The summed E-state index contributed by atoms with van der Waals surface area (Å²) in [6.07, 6.45) is 0. The summed E-state index contributed by atoms with van der Waals surface area (Å²) in [6, 6.07) is 15.7. The second kappa shape index (κ2) is 5.97. The Balaban J connectivity index is 1.72. The predicted molar refractivity (Wildman–Crippen MR) is 81.6 cm³/mol. The Hall–Kier alpha value is -2.00. The summed E-state index contributed by atoms with van der Waals surface area (Å²) in [7, 11) is 0. The minimum absolute atomic E-state index is 0.491. The van der Waals surface area contributed by atoms with Gasteiger partial charge in [0.15, 0.2) is 0 Å². The van der Waals surface area contributed by atoms with Crippen LogP contribution in [0.4, 0.5) is 0 Å². The molecule has 3 nitrogen and oxygen atoms in total. The summed E-state index contributed by atoms with van der Waals surface area (Å²) >= 11 is 6.07. The van der Waals surface area contributed by atoms with Crippen LogP contribution < -0.4 is 10.1 Å². The van der Waals surface area contributed by atoms with Gasteiger partial charge in [-0.25, -0.2) is 0 Å². The topological polar surface area (TPSA) is 33.6 Å². The summed E-state index contributed by atoms with van der Waals surface area (Å²) in [4.78, 5) is 4.42. The standard InChI is InChI=1S/C16H15ClN2O/c17-14-6-1-2-7-15(14)20-11-12-4-3-5-13(10-12)16-18-8-9-19-16/h1-7,10H,8-9,11H2,(H,18,19). The van der Waals surface area contributed by atoms with Crippen LogP contribution in [0, 0.1) is 0 Å². The van der Waals surface area contributed by atoms with Crippen molar-refractivity contribution in [1.29, 1.82) is 0 Å². The van der Waals surface area contributed by atoms with Crippen LogP contribution in [0.1, 0.15) is 11.1 Å². The van der Waals surface area contributed by atoms with E-state index < -0.39 is 0 Å². The number of halogens is 1. The Kier molecular flexibility index (Phi) is 3.88. The third-order valence-electron chi connectivity index (χ3n) is 3.11. The van der Waals surface area contributed by atoms with Crippen LogP contribution in [-0.2, 0) is 6.61 Å². The van der Waals surface area contributed by atoms with Crippen LogP contribution >= 0.6 is 11.6 Å². The fraction of sp³-hybridized carbons (Fsp3) is 0.188. The molecule has 0 amide bonds. The number of aliphatic imine (C=N–C) groups is 1. The number of benzene rings is 2. The van der Waals surface area contributed by atoms with Crippen molar-refractivity contribution in [2.24, 2.45) is 4.99 Å². The smallest absolute Gasteiger partial charge is 0.138 e. The molecule has 0 bridgehead atoms. The van der Waals surface area contributed by atoms with E-state index in [1.165, 1.54) is 0 Å². The van der Waals surface area contributed by atoms with E-state index in [1.807, 2.05) is 36.4 Å². The van der Waals surface area contributed by atoms with Gasteiger partial charge in [0.05, 0.1) is 11.6 Å². The first-order valence-corrected chi connectivity index (χ1v) is 6.96. The minimum atomic E-state index is 0.491. The van der Waals surface area contributed by atoms with Crippen molar-refractivity contribution >= 4 is 17.4 Å². The van der Waals surface area contributed by atoms with E-state index in [1.54, 1.807) is 0 Å². The number of nitrogens with zero attached hydrogens (tertiary/aromatic N) is 1. The van der Waals surface area contributed by atoms with Gasteiger partial charge >= 0.3 is 0 Å². The molecule has 0 aromatic heterocycles. The van der Waals surface area contributed by atoms with Crippen LogP contribution in [0.5, 0.6) is 5.75 Å². The Bertz CT molecular complexity index is 640. The van der Waals surface area contributed by atoms with Crippen molar-refractivity contribution < 1.29 is 4.74 Å². The molecule has 4 heteroatoms. The Morgan fingerprint density at radius 2 is 2.05 bits per heavy atom. The lowest BCUT2D eigenvalue weighted by molar-refractivity contribution is 0.306. The highest BCUT2D eigenvalue weighted by atomic mass is 35.5. The van der Waals surface area contributed by atoms with E-state index in [4.69, 9.17) is 16.3 Å². The number of amidine groups is 1. The van der Waals surface area contributed by atoms with E-state index >= 15 is 0 Å². The summed E-state index contributed by atoms with van der Waals surface area (Å²) < 4.78 is 5.75. The number of nitrogens with one attached hydrogen (secondary N) is 1. The molecule has 2 aromatic carbocycles. The SMILES string of the molecule is Clc1ccccc1OCc1cccc(C2=NCCN2)c1. The second-order valence-corrected chi connectivity index (χ2v) is 4.98. The molecule has 2 aromatic rings. The maximum atomic E-state index is 6.07. The molecular formula is C16H15ClN2O. The molecule has 0 atom stereocenters. The molecule has 0 saturated carbocycles. The predicted octanol–water partition coefficient (Wildman–Crippen LogP) is 3.27. The van der Waals surface area contributed by atoms with Gasteiger partial charge in [0.2, 0.25) is 0 Å². The fourth-order valence-corrected chi connectivity index (χ4v) is 2.31. The molecular weight excluding hydrogens is 272 g/mol. The maximum Gasteiger partial charge on any atom is 0.138 e. The number of hydrogen-bond acceptors (Lipinski definition) is 3. The first kappa shape index (κ1) is 13.0. The molecule has 102 valence electrons. The maximum absolute atomic E-state index is 6.07. The van der Waals surface area contributed by atoms with Gasteiger partial charge < -0.3 is 10.1 Å². The van der Waals surface area contributed by atoms with Gasteiger partial charge in [-0.3, -0.25) is 4.99 Å². The summed E-state index contributed by atoms with van der Waals surface area (Å²) in [5.41, 5.74) is 2.20. The fourth-order valence-electron chi connectivity index (χ4n) is 2.12. The quantitative estimate of drug-likeness (QED) is 0.936.